The van der Waals surface area contributed by atoms with Crippen molar-refractivity contribution in [3.8, 4) is 0 Å². The van der Waals surface area contributed by atoms with Crippen molar-refractivity contribution in [3.63, 3.8) is 0 Å². The van der Waals surface area contributed by atoms with E-state index in [1.54, 1.807) is 0 Å². The Hall–Kier alpha value is -0.280. The molecule has 1 rings (SSSR count). The molecule has 0 saturated heterocycles. The molecular weight excluding hydrogens is 182 g/mol. The van der Waals surface area contributed by atoms with Crippen LogP contribution in [0.4, 0.5) is 0 Å². The van der Waals surface area contributed by atoms with E-state index in [-0.39, 0.29) is 7.43 Å². The van der Waals surface area contributed by atoms with Gasteiger partial charge in [-0.25, -0.2) is 0 Å². The summed E-state index contributed by atoms with van der Waals surface area (Å²) in [5.41, 5.74) is 5.25. The summed E-state index contributed by atoms with van der Waals surface area (Å²) in [5, 5.41) is 0. The van der Waals surface area contributed by atoms with Crippen LogP contribution in [0.1, 0.15) is 13.2 Å². The van der Waals surface area contributed by atoms with Crippen molar-refractivity contribution < 1.29 is 4.42 Å². The van der Waals surface area contributed by atoms with Crippen LogP contribution < -0.4 is 5.73 Å². The molecule has 0 aromatic carbocycles. The van der Waals surface area contributed by atoms with Crippen LogP contribution in [0.5, 0.6) is 0 Å². The van der Waals surface area contributed by atoms with Crippen molar-refractivity contribution in [3.05, 3.63) is 22.6 Å². The van der Waals surface area contributed by atoms with Gasteiger partial charge in [-0.1, -0.05) is 7.43 Å². The summed E-state index contributed by atoms with van der Waals surface area (Å²) < 4.78 is 5.76. The Labute approximate surface area is 63.2 Å². The molecule has 0 fully saturated rings. The van der Waals surface area contributed by atoms with Crippen molar-refractivity contribution >= 4 is 15.9 Å². The zero-order chi connectivity index (χ0) is 5.98. The summed E-state index contributed by atoms with van der Waals surface area (Å²) in [4.78, 5) is 0. The first-order valence-electron chi connectivity index (χ1n) is 2.27. The van der Waals surface area contributed by atoms with Gasteiger partial charge in [0.1, 0.15) is 5.76 Å². The van der Waals surface area contributed by atoms with E-state index in [4.69, 9.17) is 10.2 Å². The highest BCUT2D eigenvalue weighted by atomic mass is 79.9. The predicted molar refractivity (Wildman–Crippen MR) is 41.0 cm³/mol. The lowest BCUT2D eigenvalue weighted by Gasteiger charge is -1.82. The molecule has 52 valence electrons. The average Bonchev–Trinajstić information content (AvgIpc) is 2.14. The SMILES string of the molecule is C.NCc1ccc(Br)o1. The predicted octanol–water partition coefficient (Wildman–Crippen LogP) is 2.14. The maximum atomic E-state index is 5.25. The number of rotatable bonds is 1. The van der Waals surface area contributed by atoms with Gasteiger partial charge >= 0.3 is 0 Å². The van der Waals surface area contributed by atoms with Crippen molar-refractivity contribution in [2.75, 3.05) is 0 Å². The lowest BCUT2D eigenvalue weighted by Crippen LogP contribution is -1.92. The molecule has 0 aliphatic heterocycles. The van der Waals surface area contributed by atoms with Gasteiger partial charge in [0.05, 0.1) is 6.54 Å². The van der Waals surface area contributed by atoms with Crippen molar-refractivity contribution in [2.24, 2.45) is 5.73 Å². The second kappa shape index (κ2) is 3.69. The Morgan fingerprint density at radius 3 is 2.44 bits per heavy atom. The molecule has 0 unspecified atom stereocenters. The third kappa shape index (κ3) is 2.20. The summed E-state index contributed by atoms with van der Waals surface area (Å²) in [7, 11) is 0. The molecular formula is C6H10BrNO. The van der Waals surface area contributed by atoms with Gasteiger partial charge in [0, 0.05) is 0 Å². The summed E-state index contributed by atoms with van der Waals surface area (Å²) in [6.07, 6.45) is 0. The number of hydrogen-bond donors (Lipinski definition) is 1. The van der Waals surface area contributed by atoms with E-state index in [1.807, 2.05) is 12.1 Å². The lowest BCUT2D eigenvalue weighted by atomic mass is 10.5. The van der Waals surface area contributed by atoms with Gasteiger partial charge in [0.25, 0.3) is 0 Å². The highest BCUT2D eigenvalue weighted by molar-refractivity contribution is 9.10. The molecule has 0 bridgehead atoms. The van der Waals surface area contributed by atoms with E-state index in [9.17, 15) is 0 Å². The minimum absolute atomic E-state index is 0. The second-order valence-electron chi connectivity index (χ2n) is 1.41. The molecule has 0 saturated carbocycles. The number of halogens is 1. The van der Waals surface area contributed by atoms with Crippen LogP contribution in [0, 0.1) is 0 Å². The Bertz CT molecular complexity index is 173. The van der Waals surface area contributed by atoms with E-state index >= 15 is 0 Å². The summed E-state index contributed by atoms with van der Waals surface area (Å²) in [6, 6.07) is 3.66. The third-order valence-electron chi connectivity index (χ3n) is 0.830. The highest BCUT2D eigenvalue weighted by Gasteiger charge is 1.92. The zero-order valence-corrected chi connectivity index (χ0v) is 5.81. The van der Waals surface area contributed by atoms with Gasteiger partial charge in [-0.05, 0) is 28.1 Å². The summed E-state index contributed by atoms with van der Waals surface area (Å²) >= 11 is 3.15. The molecule has 0 radical (unpaired) electrons. The van der Waals surface area contributed by atoms with Gasteiger partial charge in [0.2, 0.25) is 0 Å². The Kier molecular flexibility index (Phi) is 3.58. The number of nitrogens with two attached hydrogens (primary N) is 1. The minimum atomic E-state index is 0. The van der Waals surface area contributed by atoms with Crippen LogP contribution in [-0.2, 0) is 6.54 Å². The molecule has 0 aliphatic rings. The normalized spacial score (nSPS) is 8.67. The van der Waals surface area contributed by atoms with E-state index in [2.05, 4.69) is 15.9 Å². The quantitative estimate of drug-likeness (QED) is 0.740. The van der Waals surface area contributed by atoms with E-state index < -0.39 is 0 Å². The molecule has 3 heteroatoms. The van der Waals surface area contributed by atoms with E-state index in [1.165, 1.54) is 0 Å². The van der Waals surface area contributed by atoms with Crippen LogP contribution in [-0.4, -0.2) is 0 Å². The maximum absolute atomic E-state index is 5.25. The standard InChI is InChI=1S/C5H6BrNO.CH4/c6-5-2-1-4(3-7)8-5;/h1-2H,3,7H2;1H4. The van der Waals surface area contributed by atoms with Gasteiger partial charge < -0.3 is 10.2 Å². The lowest BCUT2D eigenvalue weighted by molar-refractivity contribution is 0.490. The first-order valence-corrected chi connectivity index (χ1v) is 3.06. The molecule has 1 heterocycles. The van der Waals surface area contributed by atoms with Gasteiger partial charge in [-0.15, -0.1) is 0 Å². The Balaban J connectivity index is 0.000000640. The smallest absolute Gasteiger partial charge is 0.169 e. The van der Waals surface area contributed by atoms with Gasteiger partial charge in [-0.3, -0.25) is 0 Å². The van der Waals surface area contributed by atoms with E-state index in [0.29, 0.717) is 6.54 Å². The second-order valence-corrected chi connectivity index (χ2v) is 2.19. The Morgan fingerprint density at radius 2 is 2.22 bits per heavy atom. The van der Waals surface area contributed by atoms with Crippen molar-refractivity contribution in [1.29, 1.82) is 0 Å². The fourth-order valence-corrected chi connectivity index (χ4v) is 0.802. The van der Waals surface area contributed by atoms with Gasteiger partial charge in [0.15, 0.2) is 4.67 Å². The van der Waals surface area contributed by atoms with Gasteiger partial charge in [-0.2, -0.15) is 0 Å². The molecule has 0 aliphatic carbocycles. The molecule has 0 atom stereocenters. The molecule has 0 spiro atoms. The molecule has 9 heavy (non-hydrogen) atoms. The first kappa shape index (κ1) is 8.72. The highest BCUT2D eigenvalue weighted by Crippen LogP contribution is 2.12. The Morgan fingerprint density at radius 1 is 1.56 bits per heavy atom. The fourth-order valence-electron chi connectivity index (χ4n) is 0.461. The van der Waals surface area contributed by atoms with Crippen LogP contribution in [0.3, 0.4) is 0 Å². The first-order chi connectivity index (χ1) is 3.83. The fraction of sp³-hybridized carbons (Fsp3) is 0.333. The summed E-state index contributed by atoms with van der Waals surface area (Å²) in [5.74, 6) is 0.803. The average molecular weight is 192 g/mol. The monoisotopic (exact) mass is 191 g/mol. The van der Waals surface area contributed by atoms with Crippen LogP contribution in [0.15, 0.2) is 21.2 Å². The largest absolute Gasteiger partial charge is 0.453 e. The molecule has 0 amide bonds. The maximum Gasteiger partial charge on any atom is 0.169 e. The molecule has 1 aromatic heterocycles. The zero-order valence-electron chi connectivity index (χ0n) is 4.23. The summed E-state index contributed by atoms with van der Waals surface area (Å²) in [6.45, 7) is 0.464. The van der Waals surface area contributed by atoms with E-state index in [0.717, 1.165) is 10.4 Å². The van der Waals surface area contributed by atoms with Crippen LogP contribution >= 0.6 is 15.9 Å². The third-order valence-corrected chi connectivity index (χ3v) is 1.26. The van der Waals surface area contributed by atoms with Crippen LogP contribution in [0.25, 0.3) is 0 Å². The number of hydrogen-bond acceptors (Lipinski definition) is 2. The molecule has 2 nitrogen and oxygen atoms in total. The minimum Gasteiger partial charge on any atom is -0.453 e. The number of furan rings is 1. The van der Waals surface area contributed by atoms with Crippen LogP contribution in [0.2, 0.25) is 0 Å². The van der Waals surface area contributed by atoms with Crippen molar-refractivity contribution in [2.45, 2.75) is 14.0 Å². The molecule has 1 aromatic rings. The molecule has 2 N–H and O–H groups in total. The topological polar surface area (TPSA) is 39.2 Å². The van der Waals surface area contributed by atoms with Crippen molar-refractivity contribution in [1.82, 2.24) is 0 Å².